The fourth-order valence-electron chi connectivity index (χ4n) is 1.25. The Labute approximate surface area is 99.6 Å². The highest BCUT2D eigenvalue weighted by molar-refractivity contribution is 9.08. The Hall–Kier alpha value is -0.790. The normalized spacial score (nSPS) is 12.9. The lowest BCUT2D eigenvalue weighted by atomic mass is 10.0. The van der Waals surface area contributed by atoms with Crippen molar-refractivity contribution in [3.63, 3.8) is 0 Å². The van der Waals surface area contributed by atoms with Crippen molar-refractivity contribution >= 4 is 15.9 Å². The molecule has 0 heterocycles. The van der Waals surface area contributed by atoms with E-state index in [2.05, 4.69) is 15.9 Å². The van der Waals surface area contributed by atoms with Crippen LogP contribution < -0.4 is 0 Å². The molecule has 1 aromatic rings. The molecule has 0 fully saturated rings. The summed E-state index contributed by atoms with van der Waals surface area (Å²) in [4.78, 5) is 0. The predicted octanol–water partition coefficient (Wildman–Crippen LogP) is 4.76. The van der Waals surface area contributed by atoms with E-state index in [9.17, 15) is 30.7 Å². The Balaban J connectivity index is 3.47. The van der Waals surface area contributed by atoms with Crippen LogP contribution in [0.2, 0.25) is 0 Å². The van der Waals surface area contributed by atoms with Crippen LogP contribution in [0.4, 0.5) is 30.7 Å². The molecule has 0 atom stereocenters. The Morgan fingerprint density at radius 1 is 0.941 bits per heavy atom. The summed E-state index contributed by atoms with van der Waals surface area (Å²) in [7, 11) is 0. The van der Waals surface area contributed by atoms with Gasteiger partial charge >= 0.3 is 12.4 Å². The van der Waals surface area contributed by atoms with E-state index >= 15 is 0 Å². The van der Waals surface area contributed by atoms with E-state index in [1.165, 1.54) is 0 Å². The third-order valence-electron chi connectivity index (χ3n) is 1.93. The van der Waals surface area contributed by atoms with Crippen LogP contribution in [0.1, 0.15) is 16.7 Å². The smallest absolute Gasteiger partial charge is 0.206 e. The first-order valence-corrected chi connectivity index (χ1v) is 5.22. The van der Waals surface area contributed by atoms with E-state index in [1.807, 2.05) is 0 Å². The van der Waals surface area contributed by atoms with E-state index in [-0.39, 0.29) is 12.1 Å². The van der Waals surface area contributed by atoms with E-state index in [0.29, 0.717) is 0 Å². The molecule has 8 heteroatoms. The minimum atomic E-state index is -5.03. The fraction of sp³-hybridized carbons (Fsp3) is 0.333. The largest absolute Gasteiger partial charge is 0.419 e. The molecule has 0 saturated heterocycles. The molecule has 0 aliphatic rings. The maximum atomic E-state index is 13.1. The number of benzene rings is 1. The zero-order valence-electron chi connectivity index (χ0n) is 7.89. The predicted molar refractivity (Wildman–Crippen MR) is 49.0 cm³/mol. The molecule has 0 nitrogen and oxygen atoms in total. The number of rotatable bonds is 1. The molecule has 0 bridgehead atoms. The van der Waals surface area contributed by atoms with Gasteiger partial charge in [0, 0.05) is 5.33 Å². The van der Waals surface area contributed by atoms with Crippen LogP contribution in [-0.2, 0) is 17.7 Å². The van der Waals surface area contributed by atoms with Gasteiger partial charge in [-0.1, -0.05) is 15.9 Å². The second-order valence-corrected chi connectivity index (χ2v) is 3.68. The molecular weight excluding hydrogens is 321 g/mol. The Morgan fingerprint density at radius 3 is 1.82 bits per heavy atom. The van der Waals surface area contributed by atoms with Gasteiger partial charge in [-0.2, -0.15) is 26.3 Å². The van der Waals surface area contributed by atoms with Crippen molar-refractivity contribution in [2.24, 2.45) is 0 Å². The van der Waals surface area contributed by atoms with Crippen LogP contribution in [0.3, 0.4) is 0 Å². The second-order valence-electron chi connectivity index (χ2n) is 3.12. The average Bonchev–Trinajstić information content (AvgIpc) is 2.12. The lowest BCUT2D eigenvalue weighted by Gasteiger charge is -2.15. The fourth-order valence-corrected chi connectivity index (χ4v) is 1.69. The van der Waals surface area contributed by atoms with Gasteiger partial charge in [-0.3, -0.25) is 0 Å². The standard InChI is InChI=1S/C9H4BrF7/c10-3-4-1-5(8(12,13)14)2-6(11)7(4)9(15,16)17/h1-2H,3H2. The van der Waals surface area contributed by atoms with Gasteiger partial charge in [-0.15, -0.1) is 0 Å². The summed E-state index contributed by atoms with van der Waals surface area (Å²) in [5.41, 5.74) is -3.91. The summed E-state index contributed by atoms with van der Waals surface area (Å²) in [6.45, 7) is 0. The van der Waals surface area contributed by atoms with E-state index in [0.717, 1.165) is 0 Å². The molecule has 0 aliphatic heterocycles. The summed E-state index contributed by atoms with van der Waals surface area (Å²) in [5, 5.41) is -0.525. The molecule has 0 aromatic heterocycles. The molecule has 0 saturated carbocycles. The third-order valence-corrected chi connectivity index (χ3v) is 2.53. The average molecular weight is 325 g/mol. The van der Waals surface area contributed by atoms with Crippen molar-refractivity contribution in [3.05, 3.63) is 34.6 Å². The molecule has 17 heavy (non-hydrogen) atoms. The maximum Gasteiger partial charge on any atom is 0.419 e. The first kappa shape index (κ1) is 14.3. The van der Waals surface area contributed by atoms with Crippen molar-refractivity contribution in [2.75, 3.05) is 0 Å². The molecule has 96 valence electrons. The zero-order chi connectivity index (χ0) is 13.4. The van der Waals surface area contributed by atoms with Gasteiger partial charge < -0.3 is 0 Å². The van der Waals surface area contributed by atoms with Gasteiger partial charge in [0.15, 0.2) is 0 Å². The highest BCUT2D eigenvalue weighted by atomic mass is 79.9. The molecule has 0 radical (unpaired) electrons. The van der Waals surface area contributed by atoms with Crippen LogP contribution in [0.5, 0.6) is 0 Å². The van der Waals surface area contributed by atoms with Crippen molar-refractivity contribution < 1.29 is 30.7 Å². The quantitative estimate of drug-likeness (QED) is 0.516. The third kappa shape index (κ3) is 3.11. The number of hydrogen-bond acceptors (Lipinski definition) is 0. The van der Waals surface area contributed by atoms with Crippen molar-refractivity contribution in [2.45, 2.75) is 17.7 Å². The summed E-state index contributed by atoms with van der Waals surface area (Å²) < 4.78 is 87.0. The Bertz CT molecular complexity index is 419. The topological polar surface area (TPSA) is 0 Å². The molecular formula is C9H4BrF7. The number of alkyl halides is 7. The summed E-state index contributed by atoms with van der Waals surface area (Å²) in [5.74, 6) is -1.93. The van der Waals surface area contributed by atoms with E-state index in [4.69, 9.17) is 0 Å². The van der Waals surface area contributed by atoms with E-state index in [1.54, 1.807) is 0 Å². The summed E-state index contributed by atoms with van der Waals surface area (Å²) in [6.07, 6.45) is -9.92. The summed E-state index contributed by atoms with van der Waals surface area (Å²) in [6, 6.07) is 0.121. The van der Waals surface area contributed by atoms with Crippen LogP contribution in [0.25, 0.3) is 0 Å². The first-order chi connectivity index (χ1) is 7.57. The minimum Gasteiger partial charge on any atom is -0.206 e. The highest BCUT2D eigenvalue weighted by Crippen LogP contribution is 2.39. The maximum absolute atomic E-state index is 13.1. The minimum absolute atomic E-state index is 0.158. The molecule has 0 amide bonds. The first-order valence-electron chi connectivity index (χ1n) is 4.10. The van der Waals surface area contributed by atoms with E-state index < -0.39 is 40.2 Å². The van der Waals surface area contributed by atoms with Gasteiger partial charge in [0.1, 0.15) is 5.82 Å². The van der Waals surface area contributed by atoms with Crippen molar-refractivity contribution in [3.8, 4) is 0 Å². The van der Waals surface area contributed by atoms with Crippen LogP contribution in [0, 0.1) is 5.82 Å². The van der Waals surface area contributed by atoms with Crippen molar-refractivity contribution in [1.29, 1.82) is 0 Å². The lowest BCUT2D eigenvalue weighted by Crippen LogP contribution is -2.15. The summed E-state index contributed by atoms with van der Waals surface area (Å²) >= 11 is 2.60. The molecule has 0 spiro atoms. The second kappa shape index (κ2) is 4.47. The van der Waals surface area contributed by atoms with Crippen LogP contribution in [0.15, 0.2) is 12.1 Å². The van der Waals surface area contributed by atoms with Crippen LogP contribution in [-0.4, -0.2) is 0 Å². The molecule has 1 rings (SSSR count). The van der Waals surface area contributed by atoms with Gasteiger partial charge in [0.25, 0.3) is 0 Å². The Kier molecular flexibility index (Phi) is 3.75. The van der Waals surface area contributed by atoms with Crippen LogP contribution >= 0.6 is 15.9 Å². The molecule has 0 unspecified atom stereocenters. The molecule has 0 aliphatic carbocycles. The van der Waals surface area contributed by atoms with Gasteiger partial charge in [-0.05, 0) is 17.7 Å². The number of hydrogen-bond donors (Lipinski definition) is 0. The number of halogens is 8. The lowest BCUT2D eigenvalue weighted by molar-refractivity contribution is -0.143. The van der Waals surface area contributed by atoms with Gasteiger partial charge in [-0.25, -0.2) is 4.39 Å². The zero-order valence-corrected chi connectivity index (χ0v) is 9.47. The molecule has 0 N–H and O–H groups in total. The SMILES string of the molecule is Fc1cc(C(F)(F)F)cc(CBr)c1C(F)(F)F. The van der Waals surface area contributed by atoms with Gasteiger partial charge in [0.05, 0.1) is 11.1 Å². The highest BCUT2D eigenvalue weighted by Gasteiger charge is 2.39. The van der Waals surface area contributed by atoms with Gasteiger partial charge in [0.2, 0.25) is 0 Å². The molecule has 1 aromatic carbocycles. The monoisotopic (exact) mass is 324 g/mol. The Morgan fingerprint density at radius 2 is 1.47 bits per heavy atom. The van der Waals surface area contributed by atoms with Crippen molar-refractivity contribution in [1.82, 2.24) is 0 Å².